The second-order valence-electron chi connectivity index (χ2n) is 6.89. The summed E-state index contributed by atoms with van der Waals surface area (Å²) in [5.41, 5.74) is 2.80. The van der Waals surface area contributed by atoms with Crippen molar-refractivity contribution in [3.63, 3.8) is 0 Å². The molecule has 1 heterocycles. The van der Waals surface area contributed by atoms with Crippen molar-refractivity contribution in [3.8, 4) is 11.3 Å². The third-order valence-corrected chi connectivity index (χ3v) is 4.76. The van der Waals surface area contributed by atoms with Gasteiger partial charge in [-0.1, -0.05) is 65.8 Å². The van der Waals surface area contributed by atoms with Crippen LogP contribution in [0, 0.1) is 0 Å². The molecule has 150 valence electrons. The summed E-state index contributed by atoms with van der Waals surface area (Å²) in [7, 11) is 0. The third kappa shape index (κ3) is 4.22. The molecule has 1 amide bonds. The highest BCUT2D eigenvalue weighted by Crippen LogP contribution is 2.29. The van der Waals surface area contributed by atoms with Gasteiger partial charge in [-0.25, -0.2) is 4.79 Å². The molecule has 0 fully saturated rings. The molecular weight excluding hydrogens is 380 g/mol. The Labute approximate surface area is 173 Å². The molecular formula is C24H20N2O4. The number of fused-ring (bicyclic) bond motifs is 1. The van der Waals surface area contributed by atoms with E-state index >= 15 is 0 Å². The third-order valence-electron chi connectivity index (χ3n) is 4.76. The van der Waals surface area contributed by atoms with Gasteiger partial charge in [0.05, 0.1) is 17.0 Å². The normalized spacial score (nSPS) is 11.8. The van der Waals surface area contributed by atoms with Crippen LogP contribution in [-0.2, 0) is 9.53 Å². The van der Waals surface area contributed by atoms with E-state index in [1.165, 1.54) is 0 Å². The van der Waals surface area contributed by atoms with Crippen LogP contribution in [0.5, 0.6) is 0 Å². The Morgan fingerprint density at radius 3 is 2.43 bits per heavy atom. The van der Waals surface area contributed by atoms with Crippen LogP contribution in [0.4, 0.5) is 0 Å². The number of benzene rings is 3. The molecule has 1 unspecified atom stereocenters. The lowest BCUT2D eigenvalue weighted by Crippen LogP contribution is -2.31. The van der Waals surface area contributed by atoms with Crippen LogP contribution in [0.3, 0.4) is 0 Å². The Bertz CT molecular complexity index is 1170. The fraction of sp³-hybridized carbons (Fsp3) is 0.125. The van der Waals surface area contributed by atoms with Gasteiger partial charge < -0.3 is 14.6 Å². The zero-order valence-corrected chi connectivity index (χ0v) is 16.4. The minimum Gasteiger partial charge on any atom is -0.452 e. The summed E-state index contributed by atoms with van der Waals surface area (Å²) < 4.78 is 10.6. The Kier molecular flexibility index (Phi) is 5.57. The number of nitrogens with one attached hydrogen (secondary N) is 1. The van der Waals surface area contributed by atoms with Gasteiger partial charge in [-0.2, -0.15) is 0 Å². The molecule has 6 nitrogen and oxygen atoms in total. The first-order valence-corrected chi connectivity index (χ1v) is 9.58. The molecule has 0 aliphatic carbocycles. The average Bonchev–Trinajstić information content (AvgIpc) is 3.22. The summed E-state index contributed by atoms with van der Waals surface area (Å²) in [6, 6.07) is 23.9. The molecule has 0 spiro atoms. The predicted octanol–water partition coefficient (Wildman–Crippen LogP) is 4.53. The molecule has 6 heteroatoms. The molecule has 0 saturated carbocycles. The summed E-state index contributed by atoms with van der Waals surface area (Å²) >= 11 is 0. The second kappa shape index (κ2) is 8.61. The van der Waals surface area contributed by atoms with Crippen LogP contribution >= 0.6 is 0 Å². The number of amides is 1. The first-order valence-electron chi connectivity index (χ1n) is 9.58. The molecule has 4 rings (SSSR count). The van der Waals surface area contributed by atoms with E-state index in [1.807, 2.05) is 67.6 Å². The fourth-order valence-corrected chi connectivity index (χ4v) is 3.19. The standard InChI is InChI=1S/C24H20N2O4/c1-16(17-8-4-2-5-9-17)25-22(27)15-29-24(28)19-12-13-21-20(14-19)23(30-26-21)18-10-6-3-7-11-18/h2-14,16H,15H2,1H3,(H,25,27). The first kappa shape index (κ1) is 19.4. The summed E-state index contributed by atoms with van der Waals surface area (Å²) in [6.07, 6.45) is 0. The van der Waals surface area contributed by atoms with Crippen LogP contribution in [0.1, 0.15) is 28.9 Å². The molecule has 4 aromatic rings. The molecule has 0 aliphatic heterocycles. The topological polar surface area (TPSA) is 81.4 Å². The van der Waals surface area contributed by atoms with E-state index in [9.17, 15) is 9.59 Å². The summed E-state index contributed by atoms with van der Waals surface area (Å²) in [4.78, 5) is 24.6. The Morgan fingerprint density at radius 2 is 1.70 bits per heavy atom. The smallest absolute Gasteiger partial charge is 0.338 e. The summed E-state index contributed by atoms with van der Waals surface area (Å²) in [5, 5.41) is 7.56. The molecule has 0 bridgehead atoms. The van der Waals surface area contributed by atoms with Crippen molar-refractivity contribution in [2.45, 2.75) is 13.0 Å². The Balaban J connectivity index is 1.43. The van der Waals surface area contributed by atoms with Gasteiger partial charge in [0.2, 0.25) is 0 Å². The van der Waals surface area contributed by atoms with Crippen LogP contribution in [0.2, 0.25) is 0 Å². The van der Waals surface area contributed by atoms with Crippen molar-refractivity contribution in [3.05, 3.63) is 90.0 Å². The van der Waals surface area contributed by atoms with Gasteiger partial charge >= 0.3 is 5.97 Å². The number of carbonyl (C=O) groups excluding carboxylic acids is 2. The summed E-state index contributed by atoms with van der Waals surface area (Å²) in [5.74, 6) is -0.370. The van der Waals surface area contributed by atoms with Crippen molar-refractivity contribution in [1.29, 1.82) is 0 Å². The van der Waals surface area contributed by atoms with Gasteiger partial charge in [0, 0.05) is 5.56 Å². The SMILES string of the molecule is CC(NC(=O)COC(=O)c1ccc2noc(-c3ccccc3)c2c1)c1ccccc1. The lowest BCUT2D eigenvalue weighted by molar-refractivity contribution is -0.124. The maximum atomic E-state index is 12.5. The number of ether oxygens (including phenoxy) is 1. The van der Waals surface area contributed by atoms with E-state index in [0.29, 0.717) is 22.2 Å². The minimum absolute atomic E-state index is 0.181. The summed E-state index contributed by atoms with van der Waals surface area (Å²) in [6.45, 7) is 1.52. The van der Waals surface area contributed by atoms with Crippen molar-refractivity contribution < 1.29 is 18.8 Å². The quantitative estimate of drug-likeness (QED) is 0.481. The van der Waals surface area contributed by atoms with Crippen LogP contribution in [0.25, 0.3) is 22.2 Å². The monoisotopic (exact) mass is 400 g/mol. The highest BCUT2D eigenvalue weighted by Gasteiger charge is 2.16. The second-order valence-corrected chi connectivity index (χ2v) is 6.89. The van der Waals surface area contributed by atoms with Crippen LogP contribution in [0.15, 0.2) is 83.4 Å². The van der Waals surface area contributed by atoms with Gasteiger partial charge in [0.1, 0.15) is 5.52 Å². The van der Waals surface area contributed by atoms with Gasteiger partial charge in [0.25, 0.3) is 5.91 Å². The van der Waals surface area contributed by atoms with Gasteiger partial charge in [-0.05, 0) is 30.7 Å². The maximum absolute atomic E-state index is 12.5. The molecule has 0 aliphatic rings. The number of carbonyl (C=O) groups is 2. The highest BCUT2D eigenvalue weighted by atomic mass is 16.5. The van der Waals surface area contributed by atoms with Crippen LogP contribution in [-0.4, -0.2) is 23.6 Å². The number of esters is 1. The van der Waals surface area contributed by atoms with E-state index in [-0.39, 0.29) is 18.6 Å². The van der Waals surface area contributed by atoms with E-state index in [0.717, 1.165) is 11.1 Å². The predicted molar refractivity (Wildman–Crippen MR) is 113 cm³/mol. The molecule has 0 saturated heterocycles. The average molecular weight is 400 g/mol. The Hall–Kier alpha value is -3.93. The number of hydrogen-bond acceptors (Lipinski definition) is 5. The number of aromatic nitrogens is 1. The van der Waals surface area contributed by atoms with Gasteiger partial charge in [-0.15, -0.1) is 0 Å². The van der Waals surface area contributed by atoms with E-state index in [1.54, 1.807) is 18.2 Å². The molecule has 1 N–H and O–H groups in total. The van der Waals surface area contributed by atoms with Gasteiger partial charge in [0.15, 0.2) is 12.4 Å². The van der Waals surface area contributed by atoms with E-state index < -0.39 is 5.97 Å². The molecule has 3 aromatic carbocycles. The zero-order valence-electron chi connectivity index (χ0n) is 16.4. The fourth-order valence-electron chi connectivity index (χ4n) is 3.19. The molecule has 0 radical (unpaired) electrons. The minimum atomic E-state index is -0.584. The van der Waals surface area contributed by atoms with Crippen molar-refractivity contribution >= 4 is 22.8 Å². The number of hydrogen-bond donors (Lipinski definition) is 1. The maximum Gasteiger partial charge on any atom is 0.338 e. The molecule has 1 atom stereocenters. The number of rotatable bonds is 6. The lowest BCUT2D eigenvalue weighted by Gasteiger charge is -2.14. The zero-order chi connectivity index (χ0) is 20.9. The lowest BCUT2D eigenvalue weighted by atomic mass is 10.1. The highest BCUT2D eigenvalue weighted by molar-refractivity contribution is 5.99. The van der Waals surface area contributed by atoms with Crippen LogP contribution < -0.4 is 5.32 Å². The van der Waals surface area contributed by atoms with E-state index in [4.69, 9.17) is 9.26 Å². The number of nitrogens with zero attached hydrogens (tertiary/aromatic N) is 1. The van der Waals surface area contributed by atoms with E-state index in [2.05, 4.69) is 10.5 Å². The van der Waals surface area contributed by atoms with Crippen molar-refractivity contribution in [1.82, 2.24) is 10.5 Å². The first-order chi connectivity index (χ1) is 14.6. The molecule has 30 heavy (non-hydrogen) atoms. The molecule has 1 aromatic heterocycles. The largest absolute Gasteiger partial charge is 0.452 e. The van der Waals surface area contributed by atoms with Gasteiger partial charge in [-0.3, -0.25) is 4.79 Å². The van der Waals surface area contributed by atoms with Crippen molar-refractivity contribution in [2.24, 2.45) is 0 Å². The van der Waals surface area contributed by atoms with Crippen molar-refractivity contribution in [2.75, 3.05) is 6.61 Å². The Morgan fingerprint density at radius 1 is 1.00 bits per heavy atom.